The summed E-state index contributed by atoms with van der Waals surface area (Å²) in [6.45, 7) is 2.95. The SMILES string of the molecule is O=C1CCC(N2C(=O)c3ccc(N4CCN(C(=O)CN5CCC(n6cc7cc(NC(=O)c8cccc(C(F)(F)F)n8)c(OC(F)(F)F)cc7n6)CC5)CC4)cc3C2=O)C(=O)C1. The molecule has 3 aliphatic heterocycles. The van der Waals surface area contributed by atoms with Gasteiger partial charge in [-0.2, -0.15) is 18.3 Å². The zero-order valence-corrected chi connectivity index (χ0v) is 32.1. The predicted octanol–water partition coefficient (Wildman–Crippen LogP) is 4.87. The van der Waals surface area contributed by atoms with Crippen molar-refractivity contribution in [3.05, 3.63) is 77.2 Å². The number of hydrogen-bond acceptors (Lipinski definition) is 11. The Morgan fingerprint density at radius 2 is 1.56 bits per heavy atom. The first-order valence-electron chi connectivity index (χ1n) is 19.4. The summed E-state index contributed by atoms with van der Waals surface area (Å²) in [6.07, 6.45) is -7.39. The number of carbonyl (C=O) groups is 6. The van der Waals surface area contributed by atoms with Gasteiger partial charge in [0.05, 0.1) is 47.4 Å². The molecule has 1 saturated carbocycles. The van der Waals surface area contributed by atoms with Crippen molar-refractivity contribution in [2.45, 2.75) is 56.7 Å². The molecular formula is C40H36F6N8O7. The first-order valence-corrected chi connectivity index (χ1v) is 19.4. The third-order valence-electron chi connectivity index (χ3n) is 11.3. The van der Waals surface area contributed by atoms with Crippen molar-refractivity contribution in [2.24, 2.45) is 0 Å². The topological polar surface area (TPSA) is 167 Å². The number of rotatable bonds is 8. The summed E-state index contributed by atoms with van der Waals surface area (Å²) in [5.74, 6) is -3.85. The molecule has 0 spiro atoms. The Labute approximate surface area is 342 Å². The van der Waals surface area contributed by atoms with Crippen LogP contribution in [0.25, 0.3) is 10.9 Å². The van der Waals surface area contributed by atoms with E-state index in [2.05, 4.69) is 20.1 Å². The number of piperidine rings is 1. The van der Waals surface area contributed by atoms with E-state index in [1.54, 1.807) is 34.0 Å². The molecule has 2 aromatic heterocycles. The maximum Gasteiger partial charge on any atom is 0.573 e. The maximum absolute atomic E-state index is 13.4. The maximum atomic E-state index is 13.4. The quantitative estimate of drug-likeness (QED) is 0.146. The minimum Gasteiger partial charge on any atom is -0.403 e. The molecule has 1 unspecified atom stereocenters. The predicted molar refractivity (Wildman–Crippen MR) is 202 cm³/mol. The third-order valence-corrected chi connectivity index (χ3v) is 11.3. The number of hydrogen-bond donors (Lipinski definition) is 1. The number of amides is 4. The number of carbonyl (C=O) groups excluding carboxylic acids is 6. The van der Waals surface area contributed by atoms with Crippen LogP contribution in [-0.2, 0) is 20.6 Å². The molecule has 5 heterocycles. The van der Waals surface area contributed by atoms with Gasteiger partial charge in [-0.1, -0.05) is 6.07 Å². The van der Waals surface area contributed by atoms with Crippen LogP contribution in [0.5, 0.6) is 5.75 Å². The molecule has 2 saturated heterocycles. The highest BCUT2D eigenvalue weighted by atomic mass is 19.4. The summed E-state index contributed by atoms with van der Waals surface area (Å²) in [5, 5.41) is 6.96. The minimum absolute atomic E-state index is 0.0731. The van der Waals surface area contributed by atoms with Gasteiger partial charge in [-0.15, -0.1) is 13.2 Å². The molecule has 2 aromatic carbocycles. The van der Waals surface area contributed by atoms with E-state index in [4.69, 9.17) is 0 Å². The number of Topliss-reactive ketones (excluding diaryl/α,β-unsaturated/α-hetero) is 2. The van der Waals surface area contributed by atoms with Gasteiger partial charge in [-0.25, -0.2) is 4.98 Å². The summed E-state index contributed by atoms with van der Waals surface area (Å²) in [7, 11) is 0. The lowest BCUT2D eigenvalue weighted by atomic mass is 9.92. The number of nitrogens with one attached hydrogen (secondary N) is 1. The number of imide groups is 1. The fourth-order valence-corrected chi connectivity index (χ4v) is 8.18. The van der Waals surface area contributed by atoms with Gasteiger partial charge >= 0.3 is 12.5 Å². The number of ether oxygens (including phenoxy) is 1. The number of piperazine rings is 1. The number of nitrogens with zero attached hydrogens (tertiary/aromatic N) is 7. The van der Waals surface area contributed by atoms with E-state index < -0.39 is 64.9 Å². The summed E-state index contributed by atoms with van der Waals surface area (Å²) >= 11 is 0. The molecule has 8 rings (SSSR count). The van der Waals surface area contributed by atoms with Crippen molar-refractivity contribution in [2.75, 3.05) is 56.0 Å². The van der Waals surface area contributed by atoms with E-state index >= 15 is 0 Å². The van der Waals surface area contributed by atoms with Crippen molar-refractivity contribution in [3.8, 4) is 5.75 Å². The van der Waals surface area contributed by atoms with Crippen LogP contribution >= 0.6 is 0 Å². The average Bonchev–Trinajstić information content (AvgIpc) is 3.74. The molecule has 4 amide bonds. The zero-order valence-electron chi connectivity index (χ0n) is 32.1. The number of pyridine rings is 1. The number of likely N-dealkylation sites (tertiary alicyclic amines) is 1. The Morgan fingerprint density at radius 1 is 0.836 bits per heavy atom. The first-order chi connectivity index (χ1) is 28.9. The number of alkyl halides is 6. The van der Waals surface area contributed by atoms with Gasteiger partial charge in [0.2, 0.25) is 5.91 Å². The van der Waals surface area contributed by atoms with Crippen LogP contribution in [0.1, 0.15) is 75.0 Å². The van der Waals surface area contributed by atoms with E-state index in [0.29, 0.717) is 69.3 Å². The average molecular weight is 855 g/mol. The van der Waals surface area contributed by atoms with E-state index in [9.17, 15) is 55.1 Å². The van der Waals surface area contributed by atoms with Crippen LogP contribution in [0.2, 0.25) is 0 Å². The summed E-state index contributed by atoms with van der Waals surface area (Å²) < 4.78 is 85.3. The van der Waals surface area contributed by atoms with E-state index in [1.807, 2.05) is 9.80 Å². The Kier molecular flexibility index (Phi) is 10.8. The smallest absolute Gasteiger partial charge is 0.403 e. The Balaban J connectivity index is 0.857. The van der Waals surface area contributed by atoms with Crippen molar-refractivity contribution >= 4 is 57.5 Å². The molecular weight excluding hydrogens is 818 g/mol. The van der Waals surface area contributed by atoms with Gasteiger partial charge in [0.25, 0.3) is 17.7 Å². The second-order valence-electron chi connectivity index (χ2n) is 15.2. The van der Waals surface area contributed by atoms with Gasteiger partial charge in [-0.05, 0) is 55.7 Å². The van der Waals surface area contributed by atoms with E-state index in [-0.39, 0.29) is 60.2 Å². The number of fused-ring (bicyclic) bond motifs is 2. The zero-order chi connectivity index (χ0) is 43.4. The monoisotopic (exact) mass is 854 g/mol. The molecule has 4 aromatic rings. The second-order valence-corrected chi connectivity index (χ2v) is 15.2. The molecule has 3 fully saturated rings. The van der Waals surface area contributed by atoms with Crippen LogP contribution in [0, 0.1) is 0 Å². The van der Waals surface area contributed by atoms with Crippen LogP contribution in [-0.4, -0.2) is 123 Å². The molecule has 4 aliphatic rings. The standard InChI is InChI=1S/C40H36F6N8O7/c41-39(42,43)34-3-1-2-28(47-34)36(58)48-30-16-22-20-53(49-29(22)19-33(30)61-40(44,45)46)23-8-10-50(11-9-23)21-35(57)52-14-12-51(13-15-52)24-4-6-26-27(17-24)38(60)54(37(26)59)31-7-5-25(55)18-32(31)56/h1-4,6,16-17,19-20,23,31H,5,7-15,18,21H2,(H,48,58). The highest BCUT2D eigenvalue weighted by molar-refractivity contribution is 6.24. The molecule has 0 radical (unpaired) electrons. The molecule has 1 atom stereocenters. The van der Waals surface area contributed by atoms with Crippen LogP contribution in [0.15, 0.2) is 54.7 Å². The fourth-order valence-electron chi connectivity index (χ4n) is 8.18. The molecule has 320 valence electrons. The Morgan fingerprint density at radius 3 is 2.25 bits per heavy atom. The van der Waals surface area contributed by atoms with Crippen molar-refractivity contribution in [1.29, 1.82) is 0 Å². The van der Waals surface area contributed by atoms with Gasteiger partial charge < -0.3 is 19.9 Å². The minimum atomic E-state index is -5.17. The molecule has 61 heavy (non-hydrogen) atoms. The van der Waals surface area contributed by atoms with Gasteiger partial charge in [0, 0.05) is 69.0 Å². The Hall–Kier alpha value is -6.38. The molecule has 15 nitrogen and oxygen atoms in total. The summed E-state index contributed by atoms with van der Waals surface area (Å²) in [4.78, 5) is 86.9. The lowest BCUT2D eigenvalue weighted by Gasteiger charge is -2.38. The number of halogens is 6. The number of ketones is 2. The largest absolute Gasteiger partial charge is 0.573 e. The summed E-state index contributed by atoms with van der Waals surface area (Å²) in [6, 6.07) is 8.55. The molecule has 1 aliphatic carbocycles. The van der Waals surface area contributed by atoms with Crippen LogP contribution in [0.4, 0.5) is 37.7 Å². The van der Waals surface area contributed by atoms with Crippen molar-refractivity contribution in [3.63, 3.8) is 0 Å². The van der Waals surface area contributed by atoms with Crippen LogP contribution in [0.3, 0.4) is 0 Å². The molecule has 1 N–H and O–H groups in total. The molecule has 0 bridgehead atoms. The van der Waals surface area contributed by atoms with Gasteiger partial charge in [0.1, 0.15) is 17.2 Å². The number of anilines is 2. The van der Waals surface area contributed by atoms with E-state index in [1.165, 1.54) is 6.07 Å². The normalized spacial score (nSPS) is 19.5. The van der Waals surface area contributed by atoms with Crippen molar-refractivity contribution < 1.29 is 59.8 Å². The lowest BCUT2D eigenvalue weighted by molar-refractivity contribution is -0.274. The number of benzene rings is 2. The number of aromatic nitrogens is 3. The van der Waals surface area contributed by atoms with Crippen molar-refractivity contribution in [1.82, 2.24) is 29.5 Å². The van der Waals surface area contributed by atoms with Gasteiger partial charge in [-0.3, -0.25) is 43.2 Å². The Bertz CT molecular complexity index is 2460. The summed E-state index contributed by atoms with van der Waals surface area (Å²) in [5.41, 5.74) is -1.27. The highest BCUT2D eigenvalue weighted by Crippen LogP contribution is 2.37. The fraction of sp³-hybridized carbons (Fsp3) is 0.400. The lowest BCUT2D eigenvalue weighted by Crippen LogP contribution is -2.52. The first kappa shape index (κ1) is 41.4. The van der Waals surface area contributed by atoms with E-state index in [0.717, 1.165) is 23.1 Å². The second kappa shape index (κ2) is 15.9. The third kappa shape index (κ3) is 8.64. The molecule has 21 heteroatoms. The highest BCUT2D eigenvalue weighted by Gasteiger charge is 2.45. The van der Waals surface area contributed by atoms with Crippen LogP contribution < -0.4 is 15.0 Å². The van der Waals surface area contributed by atoms with Gasteiger partial charge in [0.15, 0.2) is 11.5 Å².